The number of primary amides is 1. The van der Waals surface area contributed by atoms with Gasteiger partial charge in [-0.2, -0.15) is 0 Å². The van der Waals surface area contributed by atoms with Gasteiger partial charge >= 0.3 is 12.1 Å². The number of nitrogens with one attached hydrogen (secondary N) is 2. The fourth-order valence-electron chi connectivity index (χ4n) is 4.37. The highest BCUT2D eigenvalue weighted by molar-refractivity contribution is 6.07. The number of fused-ring (bicyclic) bond motifs is 1. The molecular weight excluding hydrogens is 308 g/mol. The number of carbonyl (C=O) groups excluding carboxylic acids is 3. The predicted octanol–water partition coefficient (Wildman–Crippen LogP) is 1.17. The third-order valence-electron chi connectivity index (χ3n) is 5.65. The summed E-state index contributed by atoms with van der Waals surface area (Å²) in [4.78, 5) is 38.0. The summed E-state index contributed by atoms with van der Waals surface area (Å²) in [6.07, 6.45) is 2.10. The van der Waals surface area contributed by atoms with Crippen LogP contribution in [0.4, 0.5) is 9.59 Å². The van der Waals surface area contributed by atoms with Crippen LogP contribution in [0.25, 0.3) is 0 Å². The molecular formula is C17H20N4O3. The van der Waals surface area contributed by atoms with E-state index in [1.165, 1.54) is 0 Å². The van der Waals surface area contributed by atoms with Crippen LogP contribution < -0.4 is 16.4 Å². The molecule has 1 unspecified atom stereocenters. The largest absolute Gasteiger partial charge is 0.351 e. The smallest absolute Gasteiger partial charge is 0.322 e. The minimum atomic E-state index is -0.975. The molecule has 1 saturated heterocycles. The number of hydrogen-bond acceptors (Lipinski definition) is 3. The molecule has 126 valence electrons. The summed E-state index contributed by atoms with van der Waals surface area (Å²) in [7, 11) is 0. The van der Waals surface area contributed by atoms with E-state index in [4.69, 9.17) is 5.73 Å². The molecule has 0 spiro atoms. The molecule has 24 heavy (non-hydrogen) atoms. The summed E-state index contributed by atoms with van der Waals surface area (Å²) in [6, 6.07) is 6.78. The highest BCUT2D eigenvalue weighted by atomic mass is 16.2. The van der Waals surface area contributed by atoms with Crippen LogP contribution in [0.2, 0.25) is 0 Å². The Morgan fingerprint density at radius 3 is 2.62 bits per heavy atom. The van der Waals surface area contributed by atoms with Crippen LogP contribution in [0.1, 0.15) is 37.3 Å². The van der Waals surface area contributed by atoms with E-state index in [9.17, 15) is 14.4 Å². The molecule has 2 heterocycles. The van der Waals surface area contributed by atoms with Crippen LogP contribution in [0, 0.1) is 5.92 Å². The number of nitrogens with two attached hydrogens (primary N) is 1. The Hall–Kier alpha value is -2.57. The molecule has 1 aromatic rings. The molecule has 1 aliphatic carbocycles. The second-order valence-electron chi connectivity index (χ2n) is 7.19. The second-order valence-corrected chi connectivity index (χ2v) is 7.19. The van der Waals surface area contributed by atoms with Crippen LogP contribution >= 0.6 is 0 Å². The summed E-state index contributed by atoms with van der Waals surface area (Å²) in [5.74, 6) is -0.201. The molecule has 3 aliphatic rings. The Labute approximate surface area is 139 Å². The Balaban J connectivity index is 1.79. The lowest BCUT2D eigenvalue weighted by Gasteiger charge is -2.41. The molecule has 1 saturated carbocycles. The molecule has 7 nitrogen and oxygen atoms in total. The first-order chi connectivity index (χ1) is 11.4. The van der Waals surface area contributed by atoms with Gasteiger partial charge in [0.1, 0.15) is 5.54 Å². The number of imide groups is 1. The molecule has 5 amide bonds. The van der Waals surface area contributed by atoms with E-state index in [0.717, 1.165) is 24.0 Å². The van der Waals surface area contributed by atoms with Crippen LogP contribution in [0.3, 0.4) is 0 Å². The maximum absolute atomic E-state index is 12.6. The SMILES string of the molecule is CC1(C[C@]2(C3CC3)NC(=O)NC2=O)c2ccccc2CN1C(N)=O. The van der Waals surface area contributed by atoms with Crippen LogP contribution in [-0.2, 0) is 16.9 Å². The van der Waals surface area contributed by atoms with Crippen molar-refractivity contribution in [2.75, 3.05) is 0 Å². The molecule has 2 aliphatic heterocycles. The van der Waals surface area contributed by atoms with Crippen molar-refractivity contribution in [1.29, 1.82) is 0 Å². The Bertz CT molecular complexity index is 760. The predicted molar refractivity (Wildman–Crippen MR) is 85.7 cm³/mol. The highest BCUT2D eigenvalue weighted by Crippen LogP contribution is 2.51. The molecule has 2 fully saturated rings. The number of amides is 5. The van der Waals surface area contributed by atoms with Gasteiger partial charge in [-0.15, -0.1) is 0 Å². The molecule has 0 bridgehead atoms. The number of urea groups is 2. The topological polar surface area (TPSA) is 105 Å². The summed E-state index contributed by atoms with van der Waals surface area (Å²) in [5, 5.41) is 5.21. The van der Waals surface area contributed by atoms with Gasteiger partial charge in [-0.25, -0.2) is 9.59 Å². The monoisotopic (exact) mass is 328 g/mol. The number of hydrogen-bond donors (Lipinski definition) is 3. The van der Waals surface area contributed by atoms with Gasteiger partial charge in [0.2, 0.25) is 0 Å². The van der Waals surface area contributed by atoms with E-state index < -0.39 is 23.1 Å². The first kappa shape index (κ1) is 15.0. The van der Waals surface area contributed by atoms with Gasteiger partial charge in [0.15, 0.2) is 0 Å². The van der Waals surface area contributed by atoms with Gasteiger partial charge in [0.25, 0.3) is 5.91 Å². The van der Waals surface area contributed by atoms with E-state index in [1.807, 2.05) is 31.2 Å². The number of rotatable bonds is 3. The Morgan fingerprint density at radius 1 is 1.33 bits per heavy atom. The van der Waals surface area contributed by atoms with Crippen LogP contribution in [-0.4, -0.2) is 28.4 Å². The number of benzene rings is 1. The van der Waals surface area contributed by atoms with Crippen LogP contribution in [0.5, 0.6) is 0 Å². The van der Waals surface area contributed by atoms with E-state index in [1.54, 1.807) is 4.90 Å². The average molecular weight is 328 g/mol. The van der Waals surface area contributed by atoms with Gasteiger partial charge < -0.3 is 16.0 Å². The molecule has 0 radical (unpaired) electrons. The van der Waals surface area contributed by atoms with Crippen molar-refractivity contribution in [3.63, 3.8) is 0 Å². The maximum atomic E-state index is 12.6. The molecule has 1 aromatic carbocycles. The third kappa shape index (κ3) is 1.93. The van der Waals surface area contributed by atoms with Gasteiger partial charge in [-0.1, -0.05) is 24.3 Å². The summed E-state index contributed by atoms with van der Waals surface area (Å²) in [5.41, 5.74) is 5.92. The fourth-order valence-corrected chi connectivity index (χ4v) is 4.37. The third-order valence-corrected chi connectivity index (χ3v) is 5.65. The van der Waals surface area contributed by atoms with Crippen molar-refractivity contribution in [1.82, 2.24) is 15.5 Å². The zero-order chi connectivity index (χ0) is 17.1. The van der Waals surface area contributed by atoms with Crippen molar-refractivity contribution in [3.8, 4) is 0 Å². The quantitative estimate of drug-likeness (QED) is 0.725. The van der Waals surface area contributed by atoms with E-state index >= 15 is 0 Å². The molecule has 7 heteroatoms. The van der Waals surface area contributed by atoms with Crippen molar-refractivity contribution >= 4 is 18.0 Å². The lowest BCUT2D eigenvalue weighted by atomic mass is 9.76. The lowest BCUT2D eigenvalue weighted by molar-refractivity contribution is -0.126. The first-order valence-corrected chi connectivity index (χ1v) is 8.16. The molecule has 4 N–H and O–H groups in total. The summed E-state index contributed by atoms with van der Waals surface area (Å²) in [6.45, 7) is 2.34. The van der Waals surface area contributed by atoms with Crippen LogP contribution in [0.15, 0.2) is 24.3 Å². The average Bonchev–Trinajstić information content (AvgIpc) is 3.28. The van der Waals surface area contributed by atoms with Crippen molar-refractivity contribution < 1.29 is 14.4 Å². The van der Waals surface area contributed by atoms with Gasteiger partial charge in [0.05, 0.1) is 5.54 Å². The minimum Gasteiger partial charge on any atom is -0.351 e. The van der Waals surface area contributed by atoms with Gasteiger partial charge in [-0.3, -0.25) is 10.1 Å². The fraction of sp³-hybridized carbons (Fsp3) is 0.471. The van der Waals surface area contributed by atoms with Crippen molar-refractivity contribution in [3.05, 3.63) is 35.4 Å². The highest BCUT2D eigenvalue weighted by Gasteiger charge is 2.60. The Kier molecular flexibility index (Phi) is 2.95. The van der Waals surface area contributed by atoms with E-state index in [0.29, 0.717) is 13.0 Å². The maximum Gasteiger partial charge on any atom is 0.322 e. The van der Waals surface area contributed by atoms with E-state index in [-0.39, 0.29) is 11.8 Å². The number of nitrogens with zero attached hydrogens (tertiary/aromatic N) is 1. The molecule has 4 rings (SSSR count). The van der Waals surface area contributed by atoms with Crippen molar-refractivity contribution in [2.45, 2.75) is 43.8 Å². The first-order valence-electron chi connectivity index (χ1n) is 8.16. The normalized spacial score (nSPS) is 31.6. The number of carbonyl (C=O) groups is 3. The van der Waals surface area contributed by atoms with E-state index in [2.05, 4.69) is 10.6 Å². The van der Waals surface area contributed by atoms with Gasteiger partial charge in [0, 0.05) is 13.0 Å². The summed E-state index contributed by atoms with van der Waals surface area (Å²) >= 11 is 0. The molecule has 2 atom stereocenters. The second kappa shape index (κ2) is 4.72. The standard InChI is InChI=1S/C17H20N4O3/c1-16(9-17(11-6-7-11)13(22)19-15(24)20-17)12-5-3-2-4-10(12)8-21(16)14(18)23/h2-5,11H,6-9H2,1H3,(H2,18,23)(H2,19,20,22,24)/t16?,17-/m1/s1. The zero-order valence-electron chi connectivity index (χ0n) is 13.5. The lowest BCUT2D eigenvalue weighted by Crippen LogP contribution is -2.57. The van der Waals surface area contributed by atoms with Gasteiger partial charge in [-0.05, 0) is 36.8 Å². The van der Waals surface area contributed by atoms with Crippen molar-refractivity contribution in [2.24, 2.45) is 11.7 Å². The Morgan fingerprint density at radius 2 is 2.04 bits per heavy atom. The summed E-state index contributed by atoms with van der Waals surface area (Å²) < 4.78 is 0. The minimum absolute atomic E-state index is 0.100. The zero-order valence-corrected chi connectivity index (χ0v) is 13.5. The molecule has 0 aromatic heterocycles.